The van der Waals surface area contributed by atoms with E-state index in [1.807, 2.05) is 0 Å². The first kappa shape index (κ1) is 13.8. The number of hydrogen-bond donors (Lipinski definition) is 1. The number of nitrogens with two attached hydrogens (primary N) is 1. The Labute approximate surface area is 127 Å². The van der Waals surface area contributed by atoms with Gasteiger partial charge in [-0.3, -0.25) is 4.57 Å². The van der Waals surface area contributed by atoms with Crippen molar-refractivity contribution in [3.63, 3.8) is 0 Å². The van der Waals surface area contributed by atoms with Crippen molar-refractivity contribution < 1.29 is 13.5 Å². The second-order valence-corrected chi connectivity index (χ2v) is 5.23. The maximum Gasteiger partial charge on any atom is 0.206 e. The molecule has 0 spiro atoms. The van der Waals surface area contributed by atoms with Gasteiger partial charge in [0.1, 0.15) is 17.1 Å². The minimum Gasteiger partial charge on any atom is -0.496 e. The van der Waals surface area contributed by atoms with E-state index in [0.29, 0.717) is 15.9 Å². The van der Waals surface area contributed by atoms with Gasteiger partial charge >= 0.3 is 0 Å². The Bertz CT molecular complexity index is 848. The second-order valence-electron chi connectivity index (χ2n) is 4.38. The SMILES string of the molecule is COc1ccc(-n2c(N)nc3c(F)cc(F)cc32)cc1Br. The first-order chi connectivity index (χ1) is 10.0. The maximum atomic E-state index is 13.8. The number of aromatic nitrogens is 2. The quantitative estimate of drug-likeness (QED) is 0.764. The van der Waals surface area contributed by atoms with Gasteiger partial charge in [0.15, 0.2) is 5.82 Å². The molecule has 21 heavy (non-hydrogen) atoms. The summed E-state index contributed by atoms with van der Waals surface area (Å²) in [7, 11) is 1.55. The average molecular weight is 354 g/mol. The Morgan fingerprint density at radius 1 is 1.24 bits per heavy atom. The maximum absolute atomic E-state index is 13.8. The molecule has 0 aliphatic heterocycles. The molecule has 2 aromatic carbocycles. The first-order valence-electron chi connectivity index (χ1n) is 5.98. The highest BCUT2D eigenvalue weighted by molar-refractivity contribution is 9.10. The Balaban J connectivity index is 2.29. The van der Waals surface area contributed by atoms with Crippen LogP contribution >= 0.6 is 15.9 Å². The molecule has 0 fully saturated rings. The molecule has 4 nitrogen and oxygen atoms in total. The third-order valence-corrected chi connectivity index (χ3v) is 3.72. The first-order valence-corrected chi connectivity index (χ1v) is 6.77. The van der Waals surface area contributed by atoms with Crippen LogP contribution in [0.3, 0.4) is 0 Å². The lowest BCUT2D eigenvalue weighted by atomic mass is 10.2. The van der Waals surface area contributed by atoms with Crippen molar-refractivity contribution in [1.29, 1.82) is 0 Å². The molecule has 7 heteroatoms. The van der Waals surface area contributed by atoms with Gasteiger partial charge in [0.25, 0.3) is 0 Å². The summed E-state index contributed by atoms with van der Waals surface area (Å²) in [5, 5.41) is 0. The lowest BCUT2D eigenvalue weighted by molar-refractivity contribution is 0.412. The zero-order valence-electron chi connectivity index (χ0n) is 10.9. The summed E-state index contributed by atoms with van der Waals surface area (Å²) < 4.78 is 34.5. The molecule has 0 aliphatic rings. The molecule has 0 saturated heterocycles. The zero-order chi connectivity index (χ0) is 15.1. The van der Waals surface area contributed by atoms with E-state index >= 15 is 0 Å². The van der Waals surface area contributed by atoms with Crippen LogP contribution in [-0.4, -0.2) is 16.7 Å². The summed E-state index contributed by atoms with van der Waals surface area (Å²) >= 11 is 3.36. The third kappa shape index (κ3) is 2.23. The van der Waals surface area contributed by atoms with E-state index in [-0.39, 0.29) is 17.0 Å². The molecule has 0 unspecified atom stereocenters. The normalized spacial score (nSPS) is 11.0. The van der Waals surface area contributed by atoms with E-state index in [2.05, 4.69) is 20.9 Å². The molecule has 0 aliphatic carbocycles. The van der Waals surface area contributed by atoms with Gasteiger partial charge in [-0.15, -0.1) is 0 Å². The van der Waals surface area contributed by atoms with Crippen LogP contribution in [0.15, 0.2) is 34.8 Å². The number of anilines is 1. The Morgan fingerprint density at radius 2 is 2.00 bits per heavy atom. The number of imidazole rings is 1. The van der Waals surface area contributed by atoms with Crippen molar-refractivity contribution in [3.05, 3.63) is 46.4 Å². The number of benzene rings is 2. The van der Waals surface area contributed by atoms with E-state index in [1.165, 1.54) is 10.6 Å². The largest absolute Gasteiger partial charge is 0.496 e. The Morgan fingerprint density at radius 3 is 2.67 bits per heavy atom. The van der Waals surface area contributed by atoms with Gasteiger partial charge < -0.3 is 10.5 Å². The summed E-state index contributed by atoms with van der Waals surface area (Å²) in [6.45, 7) is 0. The van der Waals surface area contributed by atoms with Crippen LogP contribution in [0.5, 0.6) is 5.75 Å². The third-order valence-electron chi connectivity index (χ3n) is 3.10. The number of hydrogen-bond acceptors (Lipinski definition) is 3. The van der Waals surface area contributed by atoms with Crippen molar-refractivity contribution in [2.24, 2.45) is 0 Å². The van der Waals surface area contributed by atoms with Crippen molar-refractivity contribution in [2.75, 3.05) is 12.8 Å². The van der Waals surface area contributed by atoms with E-state index in [1.54, 1.807) is 25.3 Å². The number of ether oxygens (including phenoxy) is 1. The van der Waals surface area contributed by atoms with E-state index < -0.39 is 11.6 Å². The molecule has 0 saturated carbocycles. The molecule has 3 rings (SSSR count). The monoisotopic (exact) mass is 353 g/mol. The van der Waals surface area contributed by atoms with Crippen LogP contribution in [0.2, 0.25) is 0 Å². The van der Waals surface area contributed by atoms with E-state index in [4.69, 9.17) is 10.5 Å². The minimum atomic E-state index is -0.747. The molecule has 1 heterocycles. The van der Waals surface area contributed by atoms with Crippen molar-refractivity contribution in [1.82, 2.24) is 9.55 Å². The van der Waals surface area contributed by atoms with E-state index in [9.17, 15) is 8.78 Å². The molecule has 0 atom stereocenters. The average Bonchev–Trinajstić information content (AvgIpc) is 2.75. The summed E-state index contributed by atoms with van der Waals surface area (Å²) in [5.74, 6) is -0.720. The molecule has 2 N–H and O–H groups in total. The molecule has 0 bridgehead atoms. The smallest absolute Gasteiger partial charge is 0.206 e. The predicted octanol–water partition coefficient (Wildman–Crippen LogP) is 3.66. The topological polar surface area (TPSA) is 53.1 Å². The lowest BCUT2D eigenvalue weighted by Gasteiger charge is -2.09. The highest BCUT2D eigenvalue weighted by Gasteiger charge is 2.16. The van der Waals surface area contributed by atoms with Gasteiger partial charge in [-0.1, -0.05) is 0 Å². The fourth-order valence-electron chi connectivity index (χ4n) is 2.19. The summed E-state index contributed by atoms with van der Waals surface area (Å²) in [5.41, 5.74) is 6.75. The highest BCUT2D eigenvalue weighted by Crippen LogP contribution is 2.31. The van der Waals surface area contributed by atoms with Crippen molar-refractivity contribution >= 4 is 32.9 Å². The molecule has 3 aromatic rings. The predicted molar refractivity (Wildman–Crippen MR) is 79.7 cm³/mol. The fourth-order valence-corrected chi connectivity index (χ4v) is 2.72. The zero-order valence-corrected chi connectivity index (χ0v) is 12.5. The van der Waals surface area contributed by atoms with Crippen LogP contribution < -0.4 is 10.5 Å². The Kier molecular flexibility index (Phi) is 3.29. The summed E-state index contributed by atoms with van der Waals surface area (Å²) in [6.07, 6.45) is 0. The fraction of sp³-hybridized carbons (Fsp3) is 0.0714. The van der Waals surface area contributed by atoms with Crippen LogP contribution in [0.1, 0.15) is 0 Å². The van der Waals surface area contributed by atoms with Crippen LogP contribution in [-0.2, 0) is 0 Å². The Hall–Kier alpha value is -2.15. The van der Waals surface area contributed by atoms with Gasteiger partial charge in [0.2, 0.25) is 5.95 Å². The number of nitrogens with zero attached hydrogens (tertiary/aromatic N) is 2. The van der Waals surface area contributed by atoms with Gasteiger partial charge in [-0.2, -0.15) is 0 Å². The number of fused-ring (bicyclic) bond motifs is 1. The van der Waals surface area contributed by atoms with Crippen LogP contribution in [0.25, 0.3) is 16.7 Å². The highest BCUT2D eigenvalue weighted by atomic mass is 79.9. The molecule has 108 valence electrons. The molecule has 1 aromatic heterocycles. The van der Waals surface area contributed by atoms with Crippen LogP contribution in [0.4, 0.5) is 14.7 Å². The molecule has 0 radical (unpaired) electrons. The number of nitrogen functional groups attached to an aromatic ring is 1. The standard InChI is InChI=1S/C14H10BrF2N3O/c1-21-12-3-2-8(6-9(12)15)20-11-5-7(16)4-10(17)13(11)19-14(20)18/h2-6H,1H3,(H2,18,19). The van der Waals surface area contributed by atoms with Crippen molar-refractivity contribution in [3.8, 4) is 11.4 Å². The molecular weight excluding hydrogens is 344 g/mol. The van der Waals surface area contributed by atoms with Crippen LogP contribution in [0, 0.1) is 11.6 Å². The minimum absolute atomic E-state index is 0.0286. The number of halogens is 3. The second kappa shape index (κ2) is 5.00. The molecule has 0 amide bonds. The summed E-state index contributed by atoms with van der Waals surface area (Å²) in [6, 6.07) is 7.16. The number of methoxy groups -OCH3 is 1. The number of rotatable bonds is 2. The van der Waals surface area contributed by atoms with Gasteiger partial charge in [-0.05, 0) is 34.1 Å². The van der Waals surface area contributed by atoms with Gasteiger partial charge in [0.05, 0.1) is 22.8 Å². The molecular formula is C14H10BrF2N3O. The summed E-state index contributed by atoms with van der Waals surface area (Å²) in [4.78, 5) is 3.95. The van der Waals surface area contributed by atoms with E-state index in [0.717, 1.165) is 6.07 Å². The van der Waals surface area contributed by atoms with Gasteiger partial charge in [-0.25, -0.2) is 13.8 Å². The van der Waals surface area contributed by atoms with Gasteiger partial charge in [0, 0.05) is 12.1 Å². The van der Waals surface area contributed by atoms with Crippen molar-refractivity contribution in [2.45, 2.75) is 0 Å². The lowest BCUT2D eigenvalue weighted by Crippen LogP contribution is -2.01.